The fourth-order valence-corrected chi connectivity index (χ4v) is 12.7. The Morgan fingerprint density at radius 1 is 0.393 bits per heavy atom. The highest BCUT2D eigenvalue weighted by Gasteiger charge is 2.53. The largest absolute Gasteiger partial charge is 0.394 e. The third kappa shape index (κ3) is 34.7. The van der Waals surface area contributed by atoms with Crippen molar-refractivity contribution in [1.82, 2.24) is 5.32 Å². The quantitative estimate of drug-likeness (QED) is 0.0199. The Kier molecular flexibility index (Phi) is 48.5. The van der Waals surface area contributed by atoms with Crippen molar-refractivity contribution in [2.24, 2.45) is 0 Å². The number of amides is 1. The first kappa shape index (κ1) is 81.8. The molecule has 0 aromatic carbocycles. The highest BCUT2D eigenvalue weighted by Crippen LogP contribution is 2.33. The summed E-state index contributed by atoms with van der Waals surface area (Å²) in [5, 5.41) is 121. The standard InChI is InChI=1S/C70H133NO18/c1-3-5-7-9-11-13-15-17-19-21-23-25-26-27-28-30-32-34-36-38-40-42-44-46-48-58(76)71-53(54(75)47-45-43-41-39-37-35-33-31-29-24-22-20-18-16-14-12-10-8-6-4-2)52-84-68-64(82)61(79)66(56(50-73)86-68)89-70-65(83)62(80)67(57(51-74)87-70)88-69-63(81)60(78)59(77)55(49-72)85-69/h45,47,53-57,59-70,72-75,77-83H,3-44,46,48-52H2,1-2H3,(H,71,76)/b47-45+. The van der Waals surface area contributed by atoms with E-state index in [0.29, 0.717) is 6.42 Å². The molecule has 19 heteroatoms. The van der Waals surface area contributed by atoms with Gasteiger partial charge in [-0.15, -0.1) is 0 Å². The smallest absolute Gasteiger partial charge is 0.220 e. The van der Waals surface area contributed by atoms with E-state index in [1.165, 1.54) is 225 Å². The van der Waals surface area contributed by atoms with Gasteiger partial charge in [0.2, 0.25) is 5.91 Å². The van der Waals surface area contributed by atoms with Crippen molar-refractivity contribution in [3.8, 4) is 0 Å². The number of unbranched alkanes of at least 4 members (excludes halogenated alkanes) is 41. The Morgan fingerprint density at radius 2 is 0.697 bits per heavy atom. The minimum Gasteiger partial charge on any atom is -0.394 e. The summed E-state index contributed by atoms with van der Waals surface area (Å²) in [4.78, 5) is 13.4. The van der Waals surface area contributed by atoms with Gasteiger partial charge >= 0.3 is 0 Å². The van der Waals surface area contributed by atoms with Gasteiger partial charge in [0.25, 0.3) is 0 Å². The molecule has 526 valence electrons. The van der Waals surface area contributed by atoms with Gasteiger partial charge in [-0.25, -0.2) is 0 Å². The summed E-state index contributed by atoms with van der Waals surface area (Å²) >= 11 is 0. The minimum atomic E-state index is -1.98. The van der Waals surface area contributed by atoms with Crippen LogP contribution in [-0.2, 0) is 33.2 Å². The summed E-state index contributed by atoms with van der Waals surface area (Å²) in [6.07, 6.45) is 31.9. The van der Waals surface area contributed by atoms with E-state index in [9.17, 15) is 61.0 Å². The minimum absolute atomic E-state index is 0.250. The van der Waals surface area contributed by atoms with Crippen molar-refractivity contribution < 1.29 is 89.4 Å². The second-order valence-electron chi connectivity index (χ2n) is 26.4. The van der Waals surface area contributed by atoms with Crippen LogP contribution in [0.3, 0.4) is 0 Å². The Bertz CT molecular complexity index is 1670. The molecule has 0 radical (unpaired) electrons. The van der Waals surface area contributed by atoms with Gasteiger partial charge in [0, 0.05) is 6.42 Å². The van der Waals surface area contributed by atoms with Crippen LogP contribution in [0.1, 0.15) is 296 Å². The number of hydrogen-bond acceptors (Lipinski definition) is 18. The third-order valence-electron chi connectivity index (χ3n) is 18.6. The molecule has 17 atom stereocenters. The van der Waals surface area contributed by atoms with Crippen LogP contribution in [0.2, 0.25) is 0 Å². The average molecular weight is 1280 g/mol. The molecule has 0 aliphatic carbocycles. The predicted molar refractivity (Wildman–Crippen MR) is 347 cm³/mol. The lowest BCUT2D eigenvalue weighted by molar-refractivity contribution is -0.379. The molecular formula is C70H133NO18. The SMILES string of the molecule is CCCCCCCCCCCCCCCCCCCC/C=C/C(O)C(COC1OC(CO)C(OC2OC(CO)C(OC3OC(CO)C(O)C(O)C3O)C(O)C2O)C(O)C1O)NC(=O)CCCCCCCCCCCCCCCCCCCCCCCCCC. The summed E-state index contributed by atoms with van der Waals surface area (Å²) in [5.41, 5.74) is 0. The molecule has 3 fully saturated rings. The molecule has 19 nitrogen and oxygen atoms in total. The van der Waals surface area contributed by atoms with E-state index in [-0.39, 0.29) is 18.9 Å². The topological polar surface area (TPSA) is 307 Å². The van der Waals surface area contributed by atoms with Crippen molar-refractivity contribution in [3.05, 3.63) is 12.2 Å². The first-order chi connectivity index (χ1) is 43.3. The highest BCUT2D eigenvalue weighted by atomic mass is 16.8. The van der Waals surface area contributed by atoms with E-state index < -0.39 is 124 Å². The fraction of sp³-hybridized carbons (Fsp3) is 0.957. The fourth-order valence-electron chi connectivity index (χ4n) is 12.7. The maximum Gasteiger partial charge on any atom is 0.220 e. The molecule has 0 aromatic rings. The molecule has 17 unspecified atom stereocenters. The highest BCUT2D eigenvalue weighted by molar-refractivity contribution is 5.76. The summed E-state index contributed by atoms with van der Waals surface area (Å²) in [7, 11) is 0. The second kappa shape index (κ2) is 52.8. The van der Waals surface area contributed by atoms with E-state index in [1.54, 1.807) is 6.08 Å². The van der Waals surface area contributed by atoms with E-state index in [1.807, 2.05) is 6.08 Å². The zero-order chi connectivity index (χ0) is 64.7. The van der Waals surface area contributed by atoms with E-state index >= 15 is 0 Å². The normalized spacial score (nSPS) is 28.2. The van der Waals surface area contributed by atoms with Crippen molar-refractivity contribution in [1.29, 1.82) is 0 Å². The van der Waals surface area contributed by atoms with Gasteiger partial charge in [-0.1, -0.05) is 283 Å². The van der Waals surface area contributed by atoms with Gasteiger partial charge in [-0.2, -0.15) is 0 Å². The van der Waals surface area contributed by atoms with Gasteiger partial charge < -0.3 is 89.9 Å². The van der Waals surface area contributed by atoms with Crippen LogP contribution in [0.25, 0.3) is 0 Å². The average Bonchev–Trinajstić information content (AvgIpc) is 1.91. The Hall–Kier alpha value is -1.47. The van der Waals surface area contributed by atoms with Gasteiger partial charge in [0.1, 0.15) is 73.2 Å². The number of hydrogen-bond donors (Lipinski definition) is 12. The Morgan fingerprint density at radius 3 is 1.06 bits per heavy atom. The molecule has 0 aromatic heterocycles. The predicted octanol–water partition coefficient (Wildman–Crippen LogP) is 10.1. The first-order valence-corrected chi connectivity index (χ1v) is 36.4. The monoisotopic (exact) mass is 1280 g/mol. The number of ether oxygens (including phenoxy) is 6. The van der Waals surface area contributed by atoms with Crippen LogP contribution in [0.4, 0.5) is 0 Å². The molecule has 3 aliphatic heterocycles. The van der Waals surface area contributed by atoms with Crippen molar-refractivity contribution in [2.75, 3.05) is 26.4 Å². The lowest BCUT2D eigenvalue weighted by Crippen LogP contribution is -2.66. The van der Waals surface area contributed by atoms with Crippen LogP contribution in [-0.4, -0.2) is 193 Å². The van der Waals surface area contributed by atoms with E-state index in [2.05, 4.69) is 19.2 Å². The summed E-state index contributed by atoms with van der Waals surface area (Å²) in [6.45, 7) is 1.78. The van der Waals surface area contributed by atoms with Crippen LogP contribution in [0.5, 0.6) is 0 Å². The molecule has 89 heavy (non-hydrogen) atoms. The maximum atomic E-state index is 13.4. The number of aliphatic hydroxyl groups is 11. The molecule has 3 aliphatic rings. The summed E-state index contributed by atoms with van der Waals surface area (Å²) in [5.74, 6) is -0.268. The molecule has 3 heterocycles. The zero-order valence-electron chi connectivity index (χ0n) is 55.7. The number of aliphatic hydroxyl groups excluding tert-OH is 11. The van der Waals surface area contributed by atoms with Crippen LogP contribution in [0.15, 0.2) is 12.2 Å². The second-order valence-corrected chi connectivity index (χ2v) is 26.4. The molecule has 12 N–H and O–H groups in total. The molecule has 3 rings (SSSR count). The van der Waals surface area contributed by atoms with Gasteiger partial charge in [0.05, 0.1) is 38.6 Å². The number of carbonyl (C=O) groups is 1. The van der Waals surface area contributed by atoms with Crippen LogP contribution in [0, 0.1) is 0 Å². The number of rotatable bonds is 57. The van der Waals surface area contributed by atoms with Crippen molar-refractivity contribution in [3.63, 3.8) is 0 Å². The Balaban J connectivity index is 1.42. The summed E-state index contributed by atoms with van der Waals surface area (Å²) in [6, 6.07) is -0.969. The maximum absolute atomic E-state index is 13.4. The lowest BCUT2D eigenvalue weighted by atomic mass is 9.96. The third-order valence-corrected chi connectivity index (χ3v) is 18.6. The molecular weight excluding hydrogens is 1140 g/mol. The zero-order valence-corrected chi connectivity index (χ0v) is 55.7. The van der Waals surface area contributed by atoms with Crippen molar-refractivity contribution in [2.45, 2.75) is 401 Å². The van der Waals surface area contributed by atoms with E-state index in [0.717, 1.165) is 44.9 Å². The van der Waals surface area contributed by atoms with Crippen LogP contribution < -0.4 is 5.32 Å². The summed E-state index contributed by atoms with van der Waals surface area (Å²) < 4.78 is 34.4. The van der Waals surface area contributed by atoms with Gasteiger partial charge in [-0.3, -0.25) is 4.79 Å². The molecule has 1 amide bonds. The van der Waals surface area contributed by atoms with Gasteiger partial charge in [-0.05, 0) is 19.3 Å². The lowest BCUT2D eigenvalue weighted by Gasteiger charge is -2.48. The number of carbonyl (C=O) groups excluding carboxylic acids is 1. The Labute approximate surface area is 537 Å². The molecule has 0 bridgehead atoms. The van der Waals surface area contributed by atoms with Gasteiger partial charge in [0.15, 0.2) is 18.9 Å². The number of allylic oxidation sites excluding steroid dienone is 1. The van der Waals surface area contributed by atoms with Crippen LogP contribution >= 0.6 is 0 Å². The van der Waals surface area contributed by atoms with E-state index in [4.69, 9.17) is 28.4 Å². The molecule has 0 spiro atoms. The first-order valence-electron chi connectivity index (χ1n) is 36.4. The van der Waals surface area contributed by atoms with Crippen molar-refractivity contribution >= 4 is 5.91 Å². The molecule has 0 saturated carbocycles. The number of nitrogens with one attached hydrogen (secondary N) is 1. The molecule has 3 saturated heterocycles.